The molecular formula is C19H22FN3O4. The number of benzene rings is 1. The van der Waals surface area contributed by atoms with E-state index < -0.39 is 23.8 Å². The second-order valence-corrected chi connectivity index (χ2v) is 7.15. The summed E-state index contributed by atoms with van der Waals surface area (Å²) in [7, 11) is 0. The van der Waals surface area contributed by atoms with Gasteiger partial charge in [0.25, 0.3) is 0 Å². The van der Waals surface area contributed by atoms with Crippen molar-refractivity contribution >= 4 is 28.7 Å². The molecule has 1 aliphatic heterocycles. The molecule has 2 atom stereocenters. The first-order chi connectivity index (χ1) is 12.8. The lowest BCUT2D eigenvalue weighted by molar-refractivity contribution is -0.142. The third-order valence-corrected chi connectivity index (χ3v) is 4.92. The van der Waals surface area contributed by atoms with Crippen LogP contribution in [-0.4, -0.2) is 51.4 Å². The van der Waals surface area contributed by atoms with Gasteiger partial charge in [0, 0.05) is 42.5 Å². The van der Waals surface area contributed by atoms with Crippen LogP contribution in [0.5, 0.6) is 0 Å². The highest BCUT2D eigenvalue weighted by Gasteiger charge is 2.36. The molecule has 1 fully saturated rings. The Kier molecular flexibility index (Phi) is 5.16. The van der Waals surface area contributed by atoms with Crippen LogP contribution in [0.25, 0.3) is 10.9 Å². The van der Waals surface area contributed by atoms with Crippen molar-refractivity contribution in [3.05, 3.63) is 35.8 Å². The number of hydrogen-bond donors (Lipinski definition) is 3. The first kappa shape index (κ1) is 18.9. The summed E-state index contributed by atoms with van der Waals surface area (Å²) in [6, 6.07) is 3.08. The average molecular weight is 375 g/mol. The maximum atomic E-state index is 13.3. The molecule has 8 heteroatoms. The normalized spacial score (nSPS) is 18.3. The number of H-pyrrole nitrogens is 1. The fourth-order valence-electron chi connectivity index (χ4n) is 3.44. The monoisotopic (exact) mass is 375 g/mol. The number of aromatic amines is 1. The molecule has 2 amide bonds. The van der Waals surface area contributed by atoms with E-state index in [4.69, 9.17) is 0 Å². The molecule has 0 spiro atoms. The van der Waals surface area contributed by atoms with Gasteiger partial charge in [-0.05, 0) is 37.6 Å². The fraction of sp³-hybridized carbons (Fsp3) is 0.421. The standard InChI is InChI=1S/C19H22FN3O4/c1-10(2)23-9-12(6-17(23)24)18(25)22-16(19(26)27)5-11-8-21-15-7-13(20)3-4-14(11)15/h3-4,7-8,10,12,16,21H,5-6,9H2,1-2H3,(H,22,25)(H,26,27)/t12-,16+/m0/s1. The molecule has 0 unspecified atom stereocenters. The number of likely N-dealkylation sites (tertiary alicyclic amines) is 1. The largest absolute Gasteiger partial charge is 0.480 e. The Hall–Kier alpha value is -2.90. The predicted molar refractivity (Wildman–Crippen MR) is 96.5 cm³/mol. The summed E-state index contributed by atoms with van der Waals surface area (Å²) in [4.78, 5) is 40.6. The summed E-state index contributed by atoms with van der Waals surface area (Å²) in [5.74, 6) is -2.65. The van der Waals surface area contributed by atoms with Gasteiger partial charge in [0.05, 0.1) is 5.92 Å². The number of carbonyl (C=O) groups is 3. The number of nitrogens with one attached hydrogen (secondary N) is 2. The maximum Gasteiger partial charge on any atom is 0.326 e. The van der Waals surface area contributed by atoms with Crippen LogP contribution in [0.1, 0.15) is 25.8 Å². The van der Waals surface area contributed by atoms with Gasteiger partial charge >= 0.3 is 5.97 Å². The number of carboxylic acids is 1. The number of carboxylic acid groups (broad SMARTS) is 1. The molecule has 1 aromatic carbocycles. The molecule has 0 radical (unpaired) electrons. The van der Waals surface area contributed by atoms with Gasteiger partial charge in [-0.15, -0.1) is 0 Å². The second-order valence-electron chi connectivity index (χ2n) is 7.15. The summed E-state index contributed by atoms with van der Waals surface area (Å²) < 4.78 is 13.3. The Morgan fingerprint density at radius 2 is 2.15 bits per heavy atom. The molecule has 3 N–H and O–H groups in total. The zero-order chi connectivity index (χ0) is 19.7. The summed E-state index contributed by atoms with van der Waals surface area (Å²) in [6.07, 6.45) is 1.76. The lowest BCUT2D eigenvalue weighted by Crippen LogP contribution is -2.45. The Morgan fingerprint density at radius 1 is 1.41 bits per heavy atom. The minimum Gasteiger partial charge on any atom is -0.480 e. The van der Waals surface area contributed by atoms with E-state index in [1.165, 1.54) is 12.1 Å². The summed E-state index contributed by atoms with van der Waals surface area (Å²) in [6.45, 7) is 4.04. The van der Waals surface area contributed by atoms with Crippen LogP contribution in [-0.2, 0) is 20.8 Å². The van der Waals surface area contributed by atoms with E-state index >= 15 is 0 Å². The van der Waals surface area contributed by atoms with Crippen LogP contribution >= 0.6 is 0 Å². The van der Waals surface area contributed by atoms with Crippen molar-refractivity contribution in [3.8, 4) is 0 Å². The molecule has 0 aliphatic carbocycles. The molecular weight excluding hydrogens is 353 g/mol. The topological polar surface area (TPSA) is 102 Å². The molecule has 0 saturated carbocycles. The highest BCUT2D eigenvalue weighted by atomic mass is 19.1. The van der Waals surface area contributed by atoms with E-state index in [0.29, 0.717) is 23.0 Å². The first-order valence-corrected chi connectivity index (χ1v) is 8.84. The van der Waals surface area contributed by atoms with Crippen molar-refractivity contribution in [3.63, 3.8) is 0 Å². The number of hydrogen-bond acceptors (Lipinski definition) is 3. The van der Waals surface area contributed by atoms with Gasteiger partial charge in [0.15, 0.2) is 0 Å². The number of amides is 2. The number of halogens is 1. The van der Waals surface area contributed by atoms with Crippen molar-refractivity contribution in [2.45, 2.75) is 38.8 Å². The third kappa shape index (κ3) is 3.94. The van der Waals surface area contributed by atoms with Crippen LogP contribution in [0, 0.1) is 11.7 Å². The van der Waals surface area contributed by atoms with Gasteiger partial charge in [-0.25, -0.2) is 9.18 Å². The van der Waals surface area contributed by atoms with Crippen LogP contribution in [0.4, 0.5) is 4.39 Å². The number of aliphatic carboxylic acids is 1. The van der Waals surface area contributed by atoms with Crippen molar-refractivity contribution in [1.29, 1.82) is 0 Å². The van der Waals surface area contributed by atoms with E-state index in [-0.39, 0.29) is 30.6 Å². The summed E-state index contributed by atoms with van der Waals surface area (Å²) in [5, 5.41) is 12.8. The van der Waals surface area contributed by atoms with Crippen LogP contribution in [0.3, 0.4) is 0 Å². The number of nitrogens with zero attached hydrogens (tertiary/aromatic N) is 1. The lowest BCUT2D eigenvalue weighted by atomic mass is 10.0. The SMILES string of the molecule is CC(C)N1C[C@@H](C(=O)N[C@H](Cc2c[nH]c3cc(F)ccc23)C(=O)O)CC1=O. The molecule has 1 saturated heterocycles. The van der Waals surface area contributed by atoms with Crippen LogP contribution < -0.4 is 5.32 Å². The second kappa shape index (κ2) is 7.38. The van der Waals surface area contributed by atoms with Gasteiger partial charge in [0.1, 0.15) is 11.9 Å². The van der Waals surface area contributed by atoms with E-state index in [1.54, 1.807) is 17.2 Å². The van der Waals surface area contributed by atoms with Gasteiger partial charge in [-0.1, -0.05) is 0 Å². The van der Waals surface area contributed by atoms with E-state index in [2.05, 4.69) is 10.3 Å². The smallest absolute Gasteiger partial charge is 0.326 e. The van der Waals surface area contributed by atoms with Crippen molar-refractivity contribution in [2.24, 2.45) is 5.92 Å². The summed E-state index contributed by atoms with van der Waals surface area (Å²) >= 11 is 0. The van der Waals surface area contributed by atoms with Crippen molar-refractivity contribution < 1.29 is 23.9 Å². The van der Waals surface area contributed by atoms with Gasteiger partial charge in [-0.2, -0.15) is 0 Å². The van der Waals surface area contributed by atoms with Gasteiger partial charge in [-0.3, -0.25) is 9.59 Å². The van der Waals surface area contributed by atoms with Crippen molar-refractivity contribution in [2.75, 3.05) is 6.54 Å². The summed E-state index contributed by atoms with van der Waals surface area (Å²) in [5.41, 5.74) is 1.23. The molecule has 7 nitrogen and oxygen atoms in total. The number of rotatable bonds is 6. The molecule has 1 aliphatic rings. The first-order valence-electron chi connectivity index (χ1n) is 8.84. The highest BCUT2D eigenvalue weighted by Crippen LogP contribution is 2.22. The molecule has 1 aromatic heterocycles. The van der Waals surface area contributed by atoms with Gasteiger partial charge in [0.2, 0.25) is 11.8 Å². The van der Waals surface area contributed by atoms with E-state index in [1.807, 2.05) is 13.8 Å². The number of carbonyl (C=O) groups excluding carboxylic acids is 2. The molecule has 0 bridgehead atoms. The zero-order valence-electron chi connectivity index (χ0n) is 15.2. The van der Waals surface area contributed by atoms with Crippen LogP contribution in [0.2, 0.25) is 0 Å². The Balaban J connectivity index is 1.71. The maximum absolute atomic E-state index is 13.3. The zero-order valence-corrected chi connectivity index (χ0v) is 15.2. The number of fused-ring (bicyclic) bond motifs is 1. The van der Waals surface area contributed by atoms with E-state index in [9.17, 15) is 23.9 Å². The molecule has 2 heterocycles. The number of aromatic nitrogens is 1. The molecule has 2 aromatic rings. The van der Waals surface area contributed by atoms with Gasteiger partial charge < -0.3 is 20.3 Å². The lowest BCUT2D eigenvalue weighted by Gasteiger charge is -2.21. The average Bonchev–Trinajstić information content (AvgIpc) is 3.17. The molecule has 27 heavy (non-hydrogen) atoms. The van der Waals surface area contributed by atoms with Crippen LogP contribution in [0.15, 0.2) is 24.4 Å². The van der Waals surface area contributed by atoms with Crippen molar-refractivity contribution in [1.82, 2.24) is 15.2 Å². The minimum absolute atomic E-state index is 0.00261. The predicted octanol–water partition coefficient (Wildman–Crippen LogP) is 1.68. The Morgan fingerprint density at radius 3 is 2.78 bits per heavy atom. The Labute approximate surface area is 155 Å². The minimum atomic E-state index is -1.16. The quantitative estimate of drug-likeness (QED) is 0.715. The molecule has 3 rings (SSSR count). The Bertz CT molecular complexity index is 892. The third-order valence-electron chi connectivity index (χ3n) is 4.92. The fourth-order valence-corrected chi connectivity index (χ4v) is 3.44. The highest BCUT2D eigenvalue weighted by molar-refractivity contribution is 5.92. The molecule has 144 valence electrons. The van der Waals surface area contributed by atoms with E-state index in [0.717, 1.165) is 0 Å².